The molecule has 0 saturated carbocycles. The number of ether oxygens (including phenoxy) is 2. The number of methoxy groups -OCH3 is 2. The van der Waals surface area contributed by atoms with Crippen molar-refractivity contribution in [2.45, 2.75) is 6.42 Å². The van der Waals surface area contributed by atoms with Crippen LogP contribution in [0, 0.1) is 0 Å². The second-order valence-electron chi connectivity index (χ2n) is 5.79. The van der Waals surface area contributed by atoms with Gasteiger partial charge in [-0.2, -0.15) is 0 Å². The van der Waals surface area contributed by atoms with Crippen molar-refractivity contribution < 1.29 is 28.7 Å². The smallest absolute Gasteiger partial charge is 0.339 e. The summed E-state index contributed by atoms with van der Waals surface area (Å²) in [5.74, 6) is -1.90. The first-order valence-corrected chi connectivity index (χ1v) is 7.97. The van der Waals surface area contributed by atoms with E-state index in [1.54, 1.807) is 18.2 Å². The number of amides is 2. The van der Waals surface area contributed by atoms with E-state index in [1.807, 2.05) is 0 Å². The van der Waals surface area contributed by atoms with Crippen LogP contribution >= 0.6 is 0 Å². The van der Waals surface area contributed by atoms with Crippen LogP contribution in [-0.2, 0) is 20.7 Å². The van der Waals surface area contributed by atoms with Crippen LogP contribution in [0.1, 0.15) is 36.6 Å². The molecule has 2 N–H and O–H groups in total. The fraction of sp³-hybridized carbons (Fsp3) is 0.158. The maximum Gasteiger partial charge on any atom is 0.339 e. The number of carbonyl (C=O) groups is 4. The number of nitrogens with one attached hydrogen (secondary N) is 2. The molecular formula is C19H16N2O6. The molecule has 8 nitrogen and oxygen atoms in total. The highest BCUT2D eigenvalue weighted by Crippen LogP contribution is 2.25. The van der Waals surface area contributed by atoms with E-state index >= 15 is 0 Å². The van der Waals surface area contributed by atoms with Gasteiger partial charge in [-0.1, -0.05) is 0 Å². The Morgan fingerprint density at radius 1 is 0.963 bits per heavy atom. The second-order valence-corrected chi connectivity index (χ2v) is 5.79. The quantitative estimate of drug-likeness (QED) is 0.799. The van der Waals surface area contributed by atoms with Gasteiger partial charge in [0.05, 0.1) is 37.5 Å². The molecule has 2 aromatic rings. The number of hydrogen-bond donors (Lipinski definition) is 2. The molecule has 0 aliphatic carbocycles. The number of rotatable bonds is 4. The van der Waals surface area contributed by atoms with Crippen LogP contribution in [0.25, 0.3) is 0 Å². The summed E-state index contributed by atoms with van der Waals surface area (Å²) in [7, 11) is 2.45. The van der Waals surface area contributed by atoms with Crippen molar-refractivity contribution in [1.29, 1.82) is 0 Å². The topological polar surface area (TPSA) is 111 Å². The monoisotopic (exact) mass is 368 g/mol. The van der Waals surface area contributed by atoms with Gasteiger partial charge in [0.2, 0.25) is 5.91 Å². The van der Waals surface area contributed by atoms with Crippen LogP contribution in [0.15, 0.2) is 36.4 Å². The van der Waals surface area contributed by atoms with Crippen LogP contribution < -0.4 is 10.6 Å². The number of hydrogen-bond acceptors (Lipinski definition) is 6. The van der Waals surface area contributed by atoms with Crippen molar-refractivity contribution in [1.82, 2.24) is 0 Å². The highest BCUT2D eigenvalue weighted by atomic mass is 16.5. The van der Waals surface area contributed by atoms with Crippen LogP contribution in [0.5, 0.6) is 0 Å². The molecular weight excluding hydrogens is 352 g/mol. The zero-order valence-corrected chi connectivity index (χ0v) is 14.6. The van der Waals surface area contributed by atoms with E-state index in [2.05, 4.69) is 15.4 Å². The molecule has 2 amide bonds. The van der Waals surface area contributed by atoms with Gasteiger partial charge in [-0.25, -0.2) is 9.59 Å². The predicted molar refractivity (Wildman–Crippen MR) is 95.8 cm³/mol. The van der Waals surface area contributed by atoms with Gasteiger partial charge in [0.15, 0.2) is 0 Å². The zero-order valence-electron chi connectivity index (χ0n) is 14.6. The molecule has 1 aliphatic rings. The van der Waals surface area contributed by atoms with Crippen LogP contribution in [0.2, 0.25) is 0 Å². The number of anilines is 2. The first-order chi connectivity index (χ1) is 12.9. The molecule has 1 aliphatic heterocycles. The Morgan fingerprint density at radius 2 is 1.67 bits per heavy atom. The van der Waals surface area contributed by atoms with Crippen molar-refractivity contribution in [2.75, 3.05) is 24.9 Å². The fourth-order valence-electron chi connectivity index (χ4n) is 2.75. The first-order valence-electron chi connectivity index (χ1n) is 7.97. The third kappa shape index (κ3) is 3.64. The zero-order chi connectivity index (χ0) is 19.6. The third-order valence-electron chi connectivity index (χ3n) is 4.09. The van der Waals surface area contributed by atoms with Gasteiger partial charge in [0, 0.05) is 11.3 Å². The van der Waals surface area contributed by atoms with E-state index in [4.69, 9.17) is 4.74 Å². The van der Waals surface area contributed by atoms with Crippen molar-refractivity contribution in [3.8, 4) is 0 Å². The maximum atomic E-state index is 12.6. The normalized spacial score (nSPS) is 12.0. The van der Waals surface area contributed by atoms with E-state index in [0.29, 0.717) is 16.8 Å². The molecule has 0 radical (unpaired) electrons. The summed E-state index contributed by atoms with van der Waals surface area (Å²) in [5, 5.41) is 5.30. The summed E-state index contributed by atoms with van der Waals surface area (Å²) >= 11 is 0. The van der Waals surface area contributed by atoms with Gasteiger partial charge in [-0.15, -0.1) is 0 Å². The van der Waals surface area contributed by atoms with Gasteiger partial charge in [-0.3, -0.25) is 9.59 Å². The standard InChI is InChI=1S/C19H16N2O6/c1-26-18(24)11-3-5-13(19(25)27-2)15(8-11)21-17(23)10-4-6-14-12(7-10)9-16(22)20-14/h3-8H,9H2,1-2H3,(H,20,22)(H,21,23). The van der Waals surface area contributed by atoms with E-state index in [-0.39, 0.29) is 29.1 Å². The summed E-state index contributed by atoms with van der Waals surface area (Å²) in [4.78, 5) is 47.8. The van der Waals surface area contributed by atoms with Gasteiger partial charge >= 0.3 is 11.9 Å². The molecule has 0 fully saturated rings. The lowest BCUT2D eigenvalue weighted by atomic mass is 10.1. The van der Waals surface area contributed by atoms with Crippen molar-refractivity contribution >= 4 is 35.1 Å². The van der Waals surface area contributed by atoms with Crippen molar-refractivity contribution in [2.24, 2.45) is 0 Å². The lowest BCUT2D eigenvalue weighted by Crippen LogP contribution is -2.16. The van der Waals surface area contributed by atoms with E-state index in [1.165, 1.54) is 32.4 Å². The molecule has 0 unspecified atom stereocenters. The molecule has 0 bridgehead atoms. The lowest BCUT2D eigenvalue weighted by Gasteiger charge is -2.12. The Hall–Kier alpha value is -3.68. The molecule has 0 spiro atoms. The summed E-state index contributed by atoms with van der Waals surface area (Å²) in [6, 6.07) is 8.92. The SMILES string of the molecule is COC(=O)c1ccc(C(=O)OC)c(NC(=O)c2ccc3c(c2)CC(=O)N3)c1. The molecule has 0 aromatic heterocycles. The van der Waals surface area contributed by atoms with Crippen LogP contribution in [0.3, 0.4) is 0 Å². The Balaban J connectivity index is 1.92. The highest BCUT2D eigenvalue weighted by Gasteiger charge is 2.21. The van der Waals surface area contributed by atoms with E-state index in [0.717, 1.165) is 0 Å². The van der Waals surface area contributed by atoms with Gasteiger partial charge < -0.3 is 20.1 Å². The van der Waals surface area contributed by atoms with E-state index < -0.39 is 17.8 Å². The van der Waals surface area contributed by atoms with Crippen molar-refractivity contribution in [3.05, 3.63) is 58.7 Å². The summed E-state index contributed by atoms with van der Waals surface area (Å²) in [6.45, 7) is 0. The van der Waals surface area contributed by atoms with Crippen LogP contribution in [-0.4, -0.2) is 38.0 Å². The average Bonchev–Trinajstić information content (AvgIpc) is 3.05. The number of benzene rings is 2. The number of esters is 2. The second kappa shape index (κ2) is 7.28. The van der Waals surface area contributed by atoms with Gasteiger partial charge in [-0.05, 0) is 42.0 Å². The third-order valence-corrected chi connectivity index (χ3v) is 4.09. The molecule has 2 aromatic carbocycles. The van der Waals surface area contributed by atoms with Crippen molar-refractivity contribution in [3.63, 3.8) is 0 Å². The molecule has 3 rings (SSSR count). The number of carbonyl (C=O) groups excluding carboxylic acids is 4. The average molecular weight is 368 g/mol. The predicted octanol–water partition coefficient (Wildman–Crippen LogP) is 2.01. The summed E-state index contributed by atoms with van der Waals surface area (Å²) in [6.07, 6.45) is 0.196. The van der Waals surface area contributed by atoms with Crippen LogP contribution in [0.4, 0.5) is 11.4 Å². The molecule has 8 heteroatoms. The highest BCUT2D eigenvalue weighted by molar-refractivity contribution is 6.10. The lowest BCUT2D eigenvalue weighted by molar-refractivity contribution is -0.115. The molecule has 1 heterocycles. The molecule has 0 atom stereocenters. The fourth-order valence-corrected chi connectivity index (χ4v) is 2.75. The van der Waals surface area contributed by atoms with Gasteiger partial charge in [0.25, 0.3) is 5.91 Å². The Bertz CT molecular complexity index is 967. The minimum Gasteiger partial charge on any atom is -0.465 e. The first kappa shape index (κ1) is 18.1. The van der Waals surface area contributed by atoms with Gasteiger partial charge in [0.1, 0.15) is 0 Å². The molecule has 27 heavy (non-hydrogen) atoms. The largest absolute Gasteiger partial charge is 0.465 e. The minimum atomic E-state index is -0.662. The van der Waals surface area contributed by atoms with E-state index in [9.17, 15) is 19.2 Å². The number of fused-ring (bicyclic) bond motifs is 1. The molecule has 0 saturated heterocycles. The minimum absolute atomic E-state index is 0.0940. The molecule has 138 valence electrons. The maximum absolute atomic E-state index is 12.6. The summed E-state index contributed by atoms with van der Waals surface area (Å²) < 4.78 is 9.37. The summed E-state index contributed by atoms with van der Waals surface area (Å²) in [5.41, 5.74) is 2.07. The Labute approximate surface area is 154 Å². The Kier molecular flexibility index (Phi) is 4.89. The Morgan fingerprint density at radius 3 is 2.37 bits per heavy atom.